The molecule has 2 N–H and O–H groups in total. The molecule has 1 aliphatic rings. The Balaban J connectivity index is 2.14. The lowest BCUT2D eigenvalue weighted by Gasteiger charge is -2.24. The molecule has 1 heterocycles. The third-order valence-electron chi connectivity index (χ3n) is 3.59. The molecule has 2 unspecified atom stereocenters. The average molecular weight is 312 g/mol. The Kier molecular flexibility index (Phi) is 4.70. The molecule has 0 aliphatic carbocycles. The van der Waals surface area contributed by atoms with Crippen LogP contribution in [-0.4, -0.2) is 30.8 Å². The minimum atomic E-state index is -0.594. The fraction of sp³-hybridized carbons (Fsp3) is 0.562. The van der Waals surface area contributed by atoms with Crippen LogP contribution in [0, 0.1) is 18.6 Å². The van der Waals surface area contributed by atoms with Gasteiger partial charge in [0, 0.05) is 25.1 Å². The van der Waals surface area contributed by atoms with E-state index in [1.165, 1.54) is 6.07 Å². The smallest absolute Gasteiger partial charge is 0.407 e. The van der Waals surface area contributed by atoms with E-state index in [1.54, 1.807) is 27.7 Å². The van der Waals surface area contributed by atoms with E-state index in [0.717, 1.165) is 6.07 Å². The molecule has 122 valence electrons. The Hall–Kier alpha value is -1.69. The van der Waals surface area contributed by atoms with Gasteiger partial charge in [0.15, 0.2) is 0 Å². The van der Waals surface area contributed by atoms with Gasteiger partial charge in [-0.3, -0.25) is 0 Å². The maximum absolute atomic E-state index is 14.1. The molecule has 22 heavy (non-hydrogen) atoms. The number of amides is 1. The summed E-state index contributed by atoms with van der Waals surface area (Å²) in [5.41, 5.74) is 0.202. The molecule has 0 saturated carbocycles. The largest absolute Gasteiger partial charge is 0.444 e. The molecule has 1 fully saturated rings. The standard InChI is InChI=1S/C16H22F2N2O2/c1-9-5-10(13(18)6-12(9)17)11-7-19-8-14(11)20-15(21)22-16(2,3)4/h5-6,11,14,19H,7-8H2,1-4H3,(H,20,21). The Morgan fingerprint density at radius 2 is 1.95 bits per heavy atom. The maximum atomic E-state index is 14.1. The summed E-state index contributed by atoms with van der Waals surface area (Å²) in [6.07, 6.45) is -0.537. The Morgan fingerprint density at radius 3 is 2.59 bits per heavy atom. The first-order valence-electron chi connectivity index (χ1n) is 7.33. The zero-order valence-corrected chi connectivity index (χ0v) is 13.3. The van der Waals surface area contributed by atoms with Gasteiger partial charge in [-0.15, -0.1) is 0 Å². The molecule has 0 spiro atoms. The monoisotopic (exact) mass is 312 g/mol. The van der Waals surface area contributed by atoms with Crippen molar-refractivity contribution in [1.29, 1.82) is 0 Å². The molecule has 0 aromatic heterocycles. The van der Waals surface area contributed by atoms with Gasteiger partial charge in [-0.05, 0) is 44.9 Å². The van der Waals surface area contributed by atoms with Gasteiger partial charge in [0.25, 0.3) is 0 Å². The van der Waals surface area contributed by atoms with E-state index in [0.29, 0.717) is 24.2 Å². The summed E-state index contributed by atoms with van der Waals surface area (Å²) >= 11 is 0. The molecule has 4 nitrogen and oxygen atoms in total. The van der Waals surface area contributed by atoms with Crippen LogP contribution < -0.4 is 10.6 Å². The quantitative estimate of drug-likeness (QED) is 0.883. The third kappa shape index (κ3) is 3.94. The number of carbonyl (C=O) groups is 1. The van der Waals surface area contributed by atoms with E-state index >= 15 is 0 Å². The number of benzene rings is 1. The lowest BCUT2D eigenvalue weighted by atomic mass is 9.92. The number of rotatable bonds is 2. The highest BCUT2D eigenvalue weighted by atomic mass is 19.1. The van der Waals surface area contributed by atoms with E-state index in [4.69, 9.17) is 4.74 Å². The molecule has 1 amide bonds. The molecule has 2 rings (SSSR count). The number of hydrogen-bond acceptors (Lipinski definition) is 3. The average Bonchev–Trinajstić information content (AvgIpc) is 2.79. The minimum absolute atomic E-state index is 0.258. The van der Waals surface area contributed by atoms with Gasteiger partial charge >= 0.3 is 6.09 Å². The highest BCUT2D eigenvalue weighted by Gasteiger charge is 2.33. The topological polar surface area (TPSA) is 50.4 Å². The number of ether oxygens (including phenoxy) is 1. The van der Waals surface area contributed by atoms with Gasteiger partial charge in [0.05, 0.1) is 6.04 Å². The van der Waals surface area contributed by atoms with Crippen molar-refractivity contribution in [1.82, 2.24) is 10.6 Å². The summed E-state index contributed by atoms with van der Waals surface area (Å²) in [6, 6.07) is 2.11. The zero-order valence-electron chi connectivity index (χ0n) is 13.3. The van der Waals surface area contributed by atoms with Crippen LogP contribution in [0.4, 0.5) is 13.6 Å². The number of carbonyl (C=O) groups excluding carboxylic acids is 1. The predicted molar refractivity (Wildman–Crippen MR) is 79.9 cm³/mol. The fourth-order valence-electron chi connectivity index (χ4n) is 2.58. The van der Waals surface area contributed by atoms with Gasteiger partial charge in [0.1, 0.15) is 17.2 Å². The van der Waals surface area contributed by atoms with Crippen molar-refractivity contribution in [2.45, 2.75) is 45.3 Å². The van der Waals surface area contributed by atoms with Crippen molar-refractivity contribution in [2.24, 2.45) is 0 Å². The van der Waals surface area contributed by atoms with Gasteiger partial charge in [0.2, 0.25) is 0 Å². The summed E-state index contributed by atoms with van der Waals surface area (Å²) in [5.74, 6) is -1.41. The molecular weight excluding hydrogens is 290 g/mol. The second-order valence-electron chi connectivity index (χ2n) is 6.64. The fourth-order valence-corrected chi connectivity index (χ4v) is 2.58. The molecule has 2 atom stereocenters. The summed E-state index contributed by atoms with van der Waals surface area (Å²) in [7, 11) is 0. The lowest BCUT2D eigenvalue weighted by Crippen LogP contribution is -2.42. The minimum Gasteiger partial charge on any atom is -0.444 e. The van der Waals surface area contributed by atoms with E-state index in [1.807, 2.05) is 0 Å². The van der Waals surface area contributed by atoms with Gasteiger partial charge < -0.3 is 15.4 Å². The summed E-state index contributed by atoms with van der Waals surface area (Å²) in [4.78, 5) is 11.9. The van der Waals surface area contributed by atoms with Crippen LogP contribution in [0.1, 0.15) is 37.8 Å². The number of halogens is 2. The highest BCUT2D eigenvalue weighted by molar-refractivity contribution is 5.68. The van der Waals surface area contributed by atoms with Gasteiger partial charge in [-0.1, -0.05) is 0 Å². The highest BCUT2D eigenvalue weighted by Crippen LogP contribution is 2.27. The van der Waals surface area contributed by atoms with Crippen LogP contribution in [0.2, 0.25) is 0 Å². The molecule has 0 bridgehead atoms. The van der Waals surface area contributed by atoms with Crippen LogP contribution in [0.25, 0.3) is 0 Å². The summed E-state index contributed by atoms with van der Waals surface area (Å²) in [6.45, 7) is 7.96. The first-order chi connectivity index (χ1) is 10.2. The molecule has 1 aliphatic heterocycles. The van der Waals surface area contributed by atoms with Crippen molar-refractivity contribution < 1.29 is 18.3 Å². The summed E-state index contributed by atoms with van der Waals surface area (Å²) < 4.78 is 32.7. The number of hydrogen-bond donors (Lipinski definition) is 2. The first kappa shape index (κ1) is 16.7. The molecule has 1 saturated heterocycles. The van der Waals surface area contributed by atoms with Crippen LogP contribution >= 0.6 is 0 Å². The van der Waals surface area contributed by atoms with E-state index < -0.39 is 23.3 Å². The SMILES string of the molecule is Cc1cc(C2CNCC2NC(=O)OC(C)(C)C)c(F)cc1F. The van der Waals surface area contributed by atoms with E-state index in [2.05, 4.69) is 10.6 Å². The second-order valence-corrected chi connectivity index (χ2v) is 6.64. The first-order valence-corrected chi connectivity index (χ1v) is 7.33. The molecule has 1 aromatic carbocycles. The second kappa shape index (κ2) is 6.20. The molecular formula is C16H22F2N2O2. The van der Waals surface area contributed by atoms with E-state index in [9.17, 15) is 13.6 Å². The van der Waals surface area contributed by atoms with Crippen molar-refractivity contribution >= 4 is 6.09 Å². The summed E-state index contributed by atoms with van der Waals surface area (Å²) in [5, 5.41) is 5.88. The lowest BCUT2D eigenvalue weighted by molar-refractivity contribution is 0.0504. The van der Waals surface area contributed by atoms with Crippen molar-refractivity contribution in [2.75, 3.05) is 13.1 Å². The Labute approximate surface area is 129 Å². The molecule has 1 aromatic rings. The Morgan fingerprint density at radius 1 is 1.27 bits per heavy atom. The van der Waals surface area contributed by atoms with Crippen LogP contribution in [-0.2, 0) is 4.74 Å². The van der Waals surface area contributed by atoms with Crippen molar-refractivity contribution in [3.05, 3.63) is 34.9 Å². The number of nitrogens with one attached hydrogen (secondary N) is 2. The third-order valence-corrected chi connectivity index (χ3v) is 3.59. The van der Waals surface area contributed by atoms with Crippen molar-refractivity contribution in [3.63, 3.8) is 0 Å². The number of aryl methyl sites for hydroxylation is 1. The zero-order chi connectivity index (χ0) is 16.5. The van der Waals surface area contributed by atoms with Crippen molar-refractivity contribution in [3.8, 4) is 0 Å². The van der Waals surface area contributed by atoms with Gasteiger partial charge in [-0.25, -0.2) is 13.6 Å². The Bertz CT molecular complexity index is 570. The normalized spacial score (nSPS) is 21.7. The van der Waals surface area contributed by atoms with Crippen LogP contribution in [0.15, 0.2) is 12.1 Å². The predicted octanol–water partition coefficient (Wildman–Crippen LogP) is 2.85. The van der Waals surface area contributed by atoms with Gasteiger partial charge in [-0.2, -0.15) is 0 Å². The van der Waals surface area contributed by atoms with Crippen LogP contribution in [0.5, 0.6) is 0 Å². The molecule has 6 heteroatoms. The van der Waals surface area contributed by atoms with Crippen LogP contribution in [0.3, 0.4) is 0 Å². The van der Waals surface area contributed by atoms with E-state index in [-0.39, 0.29) is 12.0 Å². The molecule has 0 radical (unpaired) electrons. The maximum Gasteiger partial charge on any atom is 0.407 e. The number of alkyl carbamates (subject to hydrolysis) is 1.